The van der Waals surface area contributed by atoms with Crippen molar-refractivity contribution >= 4 is 17.2 Å². The molecule has 1 N–H and O–H groups in total. The largest absolute Gasteiger partial charge is 0.372 e. The number of aromatic amines is 1. The van der Waals surface area contributed by atoms with E-state index in [9.17, 15) is 4.79 Å². The number of rotatable bonds is 4. The Hall–Kier alpha value is -2.51. The third-order valence-corrected chi connectivity index (χ3v) is 7.44. The van der Waals surface area contributed by atoms with Crippen LogP contribution < -0.4 is 0 Å². The lowest BCUT2D eigenvalue weighted by atomic mass is 9.91. The second kappa shape index (κ2) is 7.39. The molecule has 150 valence electrons. The van der Waals surface area contributed by atoms with Gasteiger partial charge in [-0.2, -0.15) is 5.10 Å². The van der Waals surface area contributed by atoms with Gasteiger partial charge in [0.05, 0.1) is 17.5 Å². The molecule has 29 heavy (non-hydrogen) atoms. The summed E-state index contributed by atoms with van der Waals surface area (Å²) in [5, 5.41) is 8.80. The Kier molecular flexibility index (Phi) is 4.72. The van der Waals surface area contributed by atoms with Gasteiger partial charge in [-0.05, 0) is 43.4 Å². The van der Waals surface area contributed by atoms with Crippen molar-refractivity contribution in [2.24, 2.45) is 5.92 Å². The van der Waals surface area contributed by atoms with Crippen LogP contribution in [0.15, 0.2) is 48.2 Å². The Morgan fingerprint density at radius 3 is 3.07 bits per heavy atom. The van der Waals surface area contributed by atoms with Crippen LogP contribution in [-0.4, -0.2) is 45.7 Å². The number of methoxy groups -OCH3 is 1. The zero-order valence-electron chi connectivity index (χ0n) is 16.4. The number of amides is 1. The molecule has 0 spiro atoms. The third kappa shape index (κ3) is 3.18. The van der Waals surface area contributed by atoms with E-state index in [2.05, 4.69) is 20.1 Å². The predicted molar refractivity (Wildman–Crippen MR) is 112 cm³/mol. The highest BCUT2D eigenvalue weighted by molar-refractivity contribution is 7.13. The molecule has 1 saturated heterocycles. The molecule has 3 atom stereocenters. The van der Waals surface area contributed by atoms with Gasteiger partial charge in [-0.3, -0.25) is 14.9 Å². The lowest BCUT2D eigenvalue weighted by Crippen LogP contribution is -2.46. The second-order valence-corrected chi connectivity index (χ2v) is 8.89. The van der Waals surface area contributed by atoms with Crippen molar-refractivity contribution < 1.29 is 9.53 Å². The van der Waals surface area contributed by atoms with Crippen molar-refractivity contribution in [1.82, 2.24) is 20.1 Å². The molecule has 5 rings (SSSR count). The van der Waals surface area contributed by atoms with E-state index in [-0.39, 0.29) is 11.9 Å². The summed E-state index contributed by atoms with van der Waals surface area (Å²) in [7, 11) is 1.77. The SMILES string of the molecule is COC1(c2ccccn2)CC2CCCN(C(=O)c3csc(-c4cn[nH]c4)c3)C2C1. The molecule has 7 heteroatoms. The molecule has 2 aliphatic rings. The number of thiophene rings is 1. The van der Waals surface area contributed by atoms with Crippen molar-refractivity contribution in [3.8, 4) is 10.4 Å². The average Bonchev–Trinajstić information content (AvgIpc) is 3.52. The topological polar surface area (TPSA) is 71.1 Å². The molecule has 3 aromatic rings. The van der Waals surface area contributed by atoms with Crippen LogP contribution in [0.5, 0.6) is 0 Å². The molecule has 1 aliphatic carbocycles. The van der Waals surface area contributed by atoms with Gasteiger partial charge in [0.1, 0.15) is 5.60 Å². The van der Waals surface area contributed by atoms with E-state index in [4.69, 9.17) is 4.74 Å². The van der Waals surface area contributed by atoms with Crippen LogP contribution in [0.3, 0.4) is 0 Å². The average molecular weight is 409 g/mol. The van der Waals surface area contributed by atoms with Crippen LogP contribution in [0.4, 0.5) is 0 Å². The molecular weight excluding hydrogens is 384 g/mol. The van der Waals surface area contributed by atoms with Gasteiger partial charge in [-0.25, -0.2) is 0 Å². The fourth-order valence-electron chi connectivity index (χ4n) is 5.01. The van der Waals surface area contributed by atoms with Crippen LogP contribution in [0.1, 0.15) is 41.7 Å². The van der Waals surface area contributed by atoms with Crippen LogP contribution in [0.2, 0.25) is 0 Å². The Morgan fingerprint density at radius 1 is 1.38 bits per heavy atom. The van der Waals surface area contributed by atoms with Crippen LogP contribution >= 0.6 is 11.3 Å². The number of hydrogen-bond acceptors (Lipinski definition) is 5. The van der Waals surface area contributed by atoms with Crippen molar-refractivity contribution in [1.29, 1.82) is 0 Å². The first-order chi connectivity index (χ1) is 14.2. The van der Waals surface area contributed by atoms with Gasteiger partial charge >= 0.3 is 0 Å². The first-order valence-electron chi connectivity index (χ1n) is 10.1. The smallest absolute Gasteiger partial charge is 0.254 e. The first kappa shape index (κ1) is 18.5. The van der Waals surface area contributed by atoms with E-state index in [1.807, 2.05) is 42.0 Å². The number of fused-ring (bicyclic) bond motifs is 1. The minimum absolute atomic E-state index is 0.124. The Bertz CT molecular complexity index is 987. The van der Waals surface area contributed by atoms with Crippen LogP contribution in [-0.2, 0) is 10.3 Å². The van der Waals surface area contributed by atoms with Crippen LogP contribution in [0, 0.1) is 5.92 Å². The number of nitrogens with one attached hydrogen (secondary N) is 1. The molecule has 0 aromatic carbocycles. The lowest BCUT2D eigenvalue weighted by molar-refractivity contribution is -0.0186. The second-order valence-electron chi connectivity index (χ2n) is 7.98. The van der Waals surface area contributed by atoms with Crippen molar-refractivity contribution in [3.63, 3.8) is 0 Å². The van der Waals surface area contributed by atoms with Gasteiger partial charge in [0.25, 0.3) is 5.91 Å². The molecule has 1 amide bonds. The number of carbonyl (C=O) groups excluding carboxylic acids is 1. The van der Waals surface area contributed by atoms with E-state index in [1.54, 1.807) is 24.6 Å². The number of ether oxygens (including phenoxy) is 1. The molecule has 3 aromatic heterocycles. The predicted octanol–water partition coefficient (Wildman–Crippen LogP) is 4.09. The van der Waals surface area contributed by atoms with Gasteiger partial charge in [0.2, 0.25) is 0 Å². The zero-order chi connectivity index (χ0) is 19.8. The fourth-order valence-corrected chi connectivity index (χ4v) is 5.88. The summed E-state index contributed by atoms with van der Waals surface area (Å²) in [6.07, 6.45) is 9.35. The van der Waals surface area contributed by atoms with Crippen molar-refractivity contribution in [3.05, 3.63) is 59.5 Å². The lowest BCUT2D eigenvalue weighted by Gasteiger charge is -2.37. The third-order valence-electron chi connectivity index (χ3n) is 6.46. The highest BCUT2D eigenvalue weighted by Gasteiger charge is 2.51. The quantitative estimate of drug-likeness (QED) is 0.706. The van der Waals surface area contributed by atoms with Gasteiger partial charge in [-0.1, -0.05) is 6.07 Å². The Labute approximate surface area is 173 Å². The number of pyridine rings is 1. The maximum absolute atomic E-state index is 13.4. The summed E-state index contributed by atoms with van der Waals surface area (Å²) in [6, 6.07) is 8.16. The normalized spacial score (nSPS) is 26.4. The summed E-state index contributed by atoms with van der Waals surface area (Å²) in [5.74, 6) is 0.570. The highest BCUT2D eigenvalue weighted by Crippen LogP contribution is 2.49. The molecule has 3 unspecified atom stereocenters. The molecule has 4 heterocycles. The summed E-state index contributed by atoms with van der Waals surface area (Å²) < 4.78 is 6.05. The monoisotopic (exact) mass is 408 g/mol. The number of carbonyl (C=O) groups is 1. The highest BCUT2D eigenvalue weighted by atomic mass is 32.1. The number of nitrogens with zero attached hydrogens (tertiary/aromatic N) is 3. The number of aromatic nitrogens is 3. The number of hydrogen-bond donors (Lipinski definition) is 1. The fraction of sp³-hybridized carbons (Fsp3) is 0.409. The molecule has 0 radical (unpaired) electrons. The number of likely N-dealkylation sites (tertiary alicyclic amines) is 1. The van der Waals surface area contributed by atoms with Crippen molar-refractivity contribution in [2.45, 2.75) is 37.3 Å². The van der Waals surface area contributed by atoms with Gasteiger partial charge in [0, 0.05) is 54.3 Å². The maximum atomic E-state index is 13.4. The minimum atomic E-state index is -0.407. The first-order valence-corrected chi connectivity index (χ1v) is 10.9. The van der Waals surface area contributed by atoms with Crippen LogP contribution in [0.25, 0.3) is 10.4 Å². The Balaban J connectivity index is 1.41. The molecule has 1 aliphatic heterocycles. The van der Waals surface area contributed by atoms with Gasteiger partial charge in [0.15, 0.2) is 0 Å². The number of H-pyrrole nitrogens is 1. The minimum Gasteiger partial charge on any atom is -0.372 e. The van der Waals surface area contributed by atoms with E-state index >= 15 is 0 Å². The van der Waals surface area contributed by atoms with Gasteiger partial charge < -0.3 is 9.64 Å². The summed E-state index contributed by atoms with van der Waals surface area (Å²) in [5.41, 5.74) is 2.34. The summed E-state index contributed by atoms with van der Waals surface area (Å²) in [6.45, 7) is 0.804. The van der Waals surface area contributed by atoms with Crippen molar-refractivity contribution in [2.75, 3.05) is 13.7 Å². The summed E-state index contributed by atoms with van der Waals surface area (Å²) in [4.78, 5) is 21.1. The van der Waals surface area contributed by atoms with E-state index < -0.39 is 5.60 Å². The molecular formula is C22H24N4O2S. The molecule has 0 bridgehead atoms. The standard InChI is InChI=1S/C22H24N4O2S/c1-28-22(20-6-2-3-7-23-20)10-15-5-4-8-26(18(15)11-22)21(27)16-9-19(29-14-16)17-12-24-25-13-17/h2-3,6-7,9,12-15,18H,4-5,8,10-11H2,1H3,(H,24,25). The van der Waals surface area contributed by atoms with E-state index in [0.29, 0.717) is 5.92 Å². The maximum Gasteiger partial charge on any atom is 0.254 e. The van der Waals surface area contributed by atoms with E-state index in [0.717, 1.165) is 53.9 Å². The summed E-state index contributed by atoms with van der Waals surface area (Å²) >= 11 is 1.58. The molecule has 2 fully saturated rings. The zero-order valence-corrected chi connectivity index (χ0v) is 17.2. The Morgan fingerprint density at radius 2 is 2.31 bits per heavy atom. The van der Waals surface area contributed by atoms with Gasteiger partial charge in [-0.15, -0.1) is 11.3 Å². The number of piperidine rings is 1. The molecule has 1 saturated carbocycles. The van der Waals surface area contributed by atoms with E-state index in [1.165, 1.54) is 0 Å². The molecule has 6 nitrogen and oxygen atoms in total.